The number of rotatable bonds is 6. The molecule has 0 radical (unpaired) electrons. The Balaban J connectivity index is 1.92. The number of nitrogens with two attached hydrogens (primary N) is 1. The number of amides is 1. The minimum atomic E-state index is -0.854. The highest BCUT2D eigenvalue weighted by Crippen LogP contribution is 2.50. The number of aliphatic imine (C=N–C) groups is 1. The van der Waals surface area contributed by atoms with Crippen LogP contribution in [0.1, 0.15) is 62.5 Å². The number of nitrogens with zero attached hydrogens (tertiary/aromatic N) is 2. The van der Waals surface area contributed by atoms with Crippen LogP contribution in [0.15, 0.2) is 41.5 Å². The summed E-state index contributed by atoms with van der Waals surface area (Å²) in [7, 11) is 0. The number of amidine groups is 1. The van der Waals surface area contributed by atoms with Gasteiger partial charge in [-0.25, -0.2) is 13.8 Å². The average molecular weight is 400 g/mol. The molecule has 0 unspecified atom stereocenters. The van der Waals surface area contributed by atoms with Gasteiger partial charge in [-0.2, -0.15) is 0 Å². The van der Waals surface area contributed by atoms with E-state index in [0.717, 1.165) is 31.5 Å². The van der Waals surface area contributed by atoms with E-state index >= 15 is 0 Å². The van der Waals surface area contributed by atoms with Crippen molar-refractivity contribution < 1.29 is 13.6 Å². The zero-order valence-electron chi connectivity index (χ0n) is 16.9. The van der Waals surface area contributed by atoms with Crippen molar-refractivity contribution in [3.05, 3.63) is 59.4 Å². The lowest BCUT2D eigenvalue weighted by Crippen LogP contribution is -2.36. The van der Waals surface area contributed by atoms with Gasteiger partial charge >= 0.3 is 0 Å². The Labute approximate surface area is 169 Å². The number of hydrogen-bond acceptors (Lipinski definition) is 3. The summed E-state index contributed by atoms with van der Waals surface area (Å²) < 4.78 is 27.9. The van der Waals surface area contributed by atoms with Crippen LogP contribution in [0.5, 0.6) is 0 Å². The zero-order chi connectivity index (χ0) is 21.2. The molecule has 1 atom stereocenters. The predicted octanol–water partition coefficient (Wildman–Crippen LogP) is 4.78. The van der Waals surface area contributed by atoms with Crippen LogP contribution in [-0.2, 0) is 5.54 Å². The smallest absolute Gasteiger partial charge is 0.274 e. The number of carbonyl (C=O) groups is 1. The summed E-state index contributed by atoms with van der Waals surface area (Å²) in [5.74, 6) is -1.06. The van der Waals surface area contributed by atoms with Gasteiger partial charge in [-0.1, -0.05) is 13.3 Å². The highest BCUT2D eigenvalue weighted by Gasteiger charge is 2.41. The molecule has 1 aliphatic carbocycles. The van der Waals surface area contributed by atoms with E-state index < -0.39 is 23.1 Å². The summed E-state index contributed by atoms with van der Waals surface area (Å²) >= 11 is 0. The SMILES string of the molecule is CC(N)=N[C@](C)(CC1(C)CCC1)c1cc(NC(=O)c2ccc(F)cn2)ccc1F. The molecule has 1 fully saturated rings. The van der Waals surface area contributed by atoms with Gasteiger partial charge in [-0.15, -0.1) is 0 Å². The number of anilines is 1. The van der Waals surface area contributed by atoms with Crippen molar-refractivity contribution in [1.29, 1.82) is 0 Å². The quantitative estimate of drug-likeness (QED) is 0.541. The Hall–Kier alpha value is -2.83. The minimum Gasteiger partial charge on any atom is -0.388 e. The first kappa shape index (κ1) is 20.9. The van der Waals surface area contributed by atoms with Crippen molar-refractivity contribution in [2.45, 2.75) is 52.0 Å². The number of hydrogen-bond donors (Lipinski definition) is 2. The van der Waals surface area contributed by atoms with Crippen LogP contribution in [0.2, 0.25) is 0 Å². The standard InChI is InChI=1S/C22H26F2N4O/c1-14(25)28-22(3,13-21(2)9-4-10-21)17-11-16(6-7-18(17)24)27-20(29)19-8-5-15(23)12-26-19/h5-8,11-12H,4,9-10,13H2,1-3H3,(H2,25,28)(H,27,29)/t22-/m1/s1. The van der Waals surface area contributed by atoms with Gasteiger partial charge in [0.25, 0.3) is 5.91 Å². The van der Waals surface area contributed by atoms with E-state index in [1.807, 2.05) is 6.92 Å². The molecule has 1 saturated carbocycles. The van der Waals surface area contributed by atoms with Gasteiger partial charge in [0.1, 0.15) is 17.3 Å². The molecule has 1 heterocycles. The maximum absolute atomic E-state index is 14.8. The van der Waals surface area contributed by atoms with Crippen molar-refractivity contribution in [2.24, 2.45) is 16.1 Å². The van der Waals surface area contributed by atoms with Crippen molar-refractivity contribution in [3.63, 3.8) is 0 Å². The van der Waals surface area contributed by atoms with Gasteiger partial charge < -0.3 is 11.1 Å². The van der Waals surface area contributed by atoms with Gasteiger partial charge in [0, 0.05) is 11.3 Å². The molecule has 5 nitrogen and oxygen atoms in total. The molecule has 3 N–H and O–H groups in total. The normalized spacial score (nSPS) is 17.9. The summed E-state index contributed by atoms with van der Waals surface area (Å²) in [4.78, 5) is 20.7. The Morgan fingerprint density at radius 3 is 2.59 bits per heavy atom. The molecule has 0 aliphatic heterocycles. The van der Waals surface area contributed by atoms with E-state index in [-0.39, 0.29) is 11.1 Å². The minimum absolute atomic E-state index is 0.0674. The lowest BCUT2D eigenvalue weighted by Gasteiger charge is -2.44. The Morgan fingerprint density at radius 2 is 2.03 bits per heavy atom. The lowest BCUT2D eigenvalue weighted by molar-refractivity contribution is 0.102. The molecule has 1 amide bonds. The van der Waals surface area contributed by atoms with Gasteiger partial charge in [0.2, 0.25) is 0 Å². The Morgan fingerprint density at radius 1 is 1.31 bits per heavy atom. The largest absolute Gasteiger partial charge is 0.388 e. The molecule has 1 aromatic carbocycles. The van der Waals surface area contributed by atoms with Crippen LogP contribution in [0.25, 0.3) is 0 Å². The fourth-order valence-electron chi connectivity index (χ4n) is 4.09. The van der Waals surface area contributed by atoms with Crippen molar-refractivity contribution in [1.82, 2.24) is 4.98 Å². The second kappa shape index (κ2) is 7.89. The summed E-state index contributed by atoms with van der Waals surface area (Å²) in [5, 5.41) is 2.69. The van der Waals surface area contributed by atoms with E-state index in [1.54, 1.807) is 13.0 Å². The topological polar surface area (TPSA) is 80.4 Å². The van der Waals surface area contributed by atoms with E-state index in [0.29, 0.717) is 23.5 Å². The average Bonchev–Trinajstić information content (AvgIpc) is 2.61. The number of aromatic nitrogens is 1. The van der Waals surface area contributed by atoms with E-state index in [9.17, 15) is 13.6 Å². The number of carbonyl (C=O) groups excluding carboxylic acids is 1. The van der Waals surface area contributed by atoms with Gasteiger partial charge in [0.05, 0.1) is 17.6 Å². The third-order valence-electron chi connectivity index (χ3n) is 5.52. The molecule has 0 spiro atoms. The first-order chi connectivity index (χ1) is 13.6. The molecule has 2 aromatic rings. The number of nitrogens with one attached hydrogen (secondary N) is 1. The molecule has 7 heteroatoms. The predicted molar refractivity (Wildman–Crippen MR) is 110 cm³/mol. The van der Waals surface area contributed by atoms with E-state index in [4.69, 9.17) is 5.73 Å². The summed E-state index contributed by atoms with van der Waals surface area (Å²) in [5.41, 5.74) is 5.95. The highest BCUT2D eigenvalue weighted by molar-refractivity contribution is 6.02. The van der Waals surface area contributed by atoms with Gasteiger partial charge in [0.15, 0.2) is 0 Å². The molecule has 154 valence electrons. The molecule has 1 aromatic heterocycles. The third-order valence-corrected chi connectivity index (χ3v) is 5.52. The van der Waals surface area contributed by atoms with Crippen LogP contribution in [0, 0.1) is 17.0 Å². The summed E-state index contributed by atoms with van der Waals surface area (Å²) in [6.07, 6.45) is 4.91. The van der Waals surface area contributed by atoms with Crippen molar-refractivity contribution >= 4 is 17.4 Å². The van der Waals surface area contributed by atoms with Crippen molar-refractivity contribution in [2.75, 3.05) is 5.32 Å². The van der Waals surface area contributed by atoms with Gasteiger partial charge in [-0.3, -0.25) is 9.79 Å². The highest BCUT2D eigenvalue weighted by atomic mass is 19.1. The van der Waals surface area contributed by atoms with Crippen LogP contribution in [-0.4, -0.2) is 16.7 Å². The fourth-order valence-corrected chi connectivity index (χ4v) is 4.09. The van der Waals surface area contributed by atoms with E-state index in [2.05, 4.69) is 22.2 Å². The fraction of sp³-hybridized carbons (Fsp3) is 0.409. The molecule has 1 aliphatic rings. The Bertz CT molecular complexity index is 934. The van der Waals surface area contributed by atoms with Gasteiger partial charge in [-0.05, 0) is 68.9 Å². The van der Waals surface area contributed by atoms with E-state index in [1.165, 1.54) is 18.2 Å². The molecule has 0 saturated heterocycles. The van der Waals surface area contributed by atoms with Crippen LogP contribution in [0.4, 0.5) is 14.5 Å². The first-order valence-electron chi connectivity index (χ1n) is 9.65. The monoisotopic (exact) mass is 400 g/mol. The number of pyridine rings is 1. The van der Waals surface area contributed by atoms with Crippen LogP contribution in [0.3, 0.4) is 0 Å². The maximum Gasteiger partial charge on any atom is 0.274 e. The summed E-state index contributed by atoms with van der Waals surface area (Å²) in [6, 6.07) is 6.83. The number of benzene rings is 1. The molecule has 0 bridgehead atoms. The third kappa shape index (κ3) is 4.78. The van der Waals surface area contributed by atoms with Crippen LogP contribution >= 0.6 is 0 Å². The lowest BCUT2D eigenvalue weighted by atomic mass is 9.63. The number of halogens is 2. The molecular formula is C22H26F2N4O. The molecule has 29 heavy (non-hydrogen) atoms. The van der Waals surface area contributed by atoms with Crippen LogP contribution < -0.4 is 11.1 Å². The van der Waals surface area contributed by atoms with Crippen molar-refractivity contribution in [3.8, 4) is 0 Å². The molecule has 3 rings (SSSR count). The summed E-state index contributed by atoms with van der Waals surface area (Å²) in [6.45, 7) is 5.74. The maximum atomic E-state index is 14.8. The zero-order valence-corrected chi connectivity index (χ0v) is 16.9. The second-order valence-corrected chi connectivity index (χ2v) is 8.38. The Kier molecular flexibility index (Phi) is 5.68. The first-order valence-corrected chi connectivity index (χ1v) is 9.65. The molecular weight excluding hydrogens is 374 g/mol. The second-order valence-electron chi connectivity index (χ2n) is 8.38.